The molecule has 1 aromatic rings. The van der Waals surface area contributed by atoms with Crippen LogP contribution < -0.4 is 21.7 Å². The van der Waals surface area contributed by atoms with Crippen molar-refractivity contribution in [3.8, 4) is 0 Å². The van der Waals surface area contributed by atoms with Crippen LogP contribution in [-0.4, -0.2) is 91.2 Å². The fraction of sp³-hybridized carbons (Fsp3) is 0.607. The Balaban J connectivity index is 1.38. The standard InChI is InChI=1S/C28H42N6O5/c1-20(2)14-23(32-24(36)15-30-26(38)22(29)9-8-21-6-4-3-5-7-21)27(39)31-16-25(37)34-17-28(18-34)10-12-33(19-35)13-11-28/h3-7,19-20,22-23H,8-18,29H2,1-2H3,(H,30,38)(H,31,39)(H,32,36)/t22?,23-/m1/s1. The summed E-state index contributed by atoms with van der Waals surface area (Å²) in [5.41, 5.74) is 7.12. The molecule has 39 heavy (non-hydrogen) atoms. The van der Waals surface area contributed by atoms with E-state index in [4.69, 9.17) is 5.73 Å². The highest BCUT2D eigenvalue weighted by atomic mass is 16.2. The maximum atomic E-state index is 12.8. The Morgan fingerprint density at radius 2 is 1.64 bits per heavy atom. The van der Waals surface area contributed by atoms with Gasteiger partial charge in [-0.1, -0.05) is 44.2 Å². The Labute approximate surface area is 230 Å². The summed E-state index contributed by atoms with van der Waals surface area (Å²) in [5, 5.41) is 7.87. The summed E-state index contributed by atoms with van der Waals surface area (Å²) in [6, 6.07) is 8.11. The first-order chi connectivity index (χ1) is 18.6. The van der Waals surface area contributed by atoms with Crippen LogP contribution in [0.25, 0.3) is 0 Å². The average Bonchev–Trinajstić information content (AvgIpc) is 2.91. The zero-order chi connectivity index (χ0) is 28.4. The van der Waals surface area contributed by atoms with E-state index in [9.17, 15) is 24.0 Å². The highest BCUT2D eigenvalue weighted by Crippen LogP contribution is 2.40. The number of nitrogens with one attached hydrogen (secondary N) is 3. The van der Waals surface area contributed by atoms with Crippen molar-refractivity contribution in [2.45, 2.75) is 58.0 Å². The van der Waals surface area contributed by atoms with Crippen molar-refractivity contribution >= 4 is 30.0 Å². The average molecular weight is 543 g/mol. The van der Waals surface area contributed by atoms with E-state index in [0.717, 1.165) is 24.8 Å². The number of hydrogen-bond acceptors (Lipinski definition) is 6. The summed E-state index contributed by atoms with van der Waals surface area (Å²) < 4.78 is 0. The lowest BCUT2D eigenvalue weighted by Gasteiger charge is -2.53. The molecule has 0 aromatic heterocycles. The summed E-state index contributed by atoms with van der Waals surface area (Å²) >= 11 is 0. The molecular weight excluding hydrogens is 500 g/mol. The van der Waals surface area contributed by atoms with Crippen molar-refractivity contribution in [3.63, 3.8) is 0 Å². The number of piperidine rings is 1. The fourth-order valence-corrected chi connectivity index (χ4v) is 5.10. The predicted octanol–water partition coefficient (Wildman–Crippen LogP) is -0.209. The largest absolute Gasteiger partial charge is 0.346 e. The van der Waals surface area contributed by atoms with Gasteiger partial charge in [0.25, 0.3) is 0 Å². The smallest absolute Gasteiger partial charge is 0.243 e. The van der Waals surface area contributed by atoms with Crippen LogP contribution >= 0.6 is 0 Å². The van der Waals surface area contributed by atoms with E-state index in [1.54, 1.807) is 9.80 Å². The van der Waals surface area contributed by atoms with Gasteiger partial charge in [-0.2, -0.15) is 0 Å². The van der Waals surface area contributed by atoms with Crippen molar-refractivity contribution in [1.82, 2.24) is 25.8 Å². The molecule has 0 aliphatic carbocycles. The minimum Gasteiger partial charge on any atom is -0.346 e. The van der Waals surface area contributed by atoms with E-state index in [1.165, 1.54) is 0 Å². The van der Waals surface area contributed by atoms with Crippen LogP contribution in [0.4, 0.5) is 0 Å². The van der Waals surface area contributed by atoms with Crippen LogP contribution in [0.15, 0.2) is 30.3 Å². The van der Waals surface area contributed by atoms with Crippen LogP contribution in [0.2, 0.25) is 0 Å². The van der Waals surface area contributed by atoms with Gasteiger partial charge >= 0.3 is 0 Å². The maximum absolute atomic E-state index is 12.8. The molecule has 2 saturated heterocycles. The molecule has 1 aromatic carbocycles. The van der Waals surface area contributed by atoms with Crippen LogP contribution in [0.3, 0.4) is 0 Å². The van der Waals surface area contributed by atoms with Crippen LogP contribution in [0.1, 0.15) is 45.1 Å². The number of carbonyl (C=O) groups is 5. The van der Waals surface area contributed by atoms with E-state index in [2.05, 4.69) is 16.0 Å². The Morgan fingerprint density at radius 1 is 1.00 bits per heavy atom. The van der Waals surface area contributed by atoms with E-state index in [-0.39, 0.29) is 30.3 Å². The second kappa shape index (κ2) is 14.1. The van der Waals surface area contributed by atoms with Gasteiger partial charge in [0.2, 0.25) is 30.0 Å². The molecule has 3 rings (SSSR count). The lowest BCUT2D eigenvalue weighted by molar-refractivity contribution is -0.148. The molecule has 2 fully saturated rings. The number of nitrogens with zero attached hydrogens (tertiary/aromatic N) is 2. The number of amides is 5. The van der Waals surface area contributed by atoms with Crippen molar-refractivity contribution in [1.29, 1.82) is 0 Å². The Morgan fingerprint density at radius 3 is 2.26 bits per heavy atom. The Hall–Kier alpha value is -3.47. The molecule has 0 saturated carbocycles. The lowest BCUT2D eigenvalue weighted by atomic mass is 9.72. The second-order valence-electron chi connectivity index (χ2n) is 11.2. The molecule has 2 aliphatic heterocycles. The normalized spacial score (nSPS) is 17.6. The molecule has 0 radical (unpaired) electrons. The SMILES string of the molecule is CC(C)C[C@@H](NC(=O)CNC(=O)C(N)CCc1ccccc1)C(=O)NCC(=O)N1CC2(CCN(C=O)CC2)C1. The molecule has 1 unspecified atom stereocenters. The third-order valence-electron chi connectivity index (χ3n) is 7.53. The quantitative estimate of drug-likeness (QED) is 0.253. The number of hydrogen-bond donors (Lipinski definition) is 4. The number of likely N-dealkylation sites (tertiary alicyclic amines) is 2. The molecule has 2 heterocycles. The van der Waals surface area contributed by atoms with E-state index < -0.39 is 29.8 Å². The number of rotatable bonds is 13. The zero-order valence-corrected chi connectivity index (χ0v) is 23.0. The Kier molecular flexibility index (Phi) is 10.8. The molecule has 11 nitrogen and oxygen atoms in total. The third-order valence-corrected chi connectivity index (χ3v) is 7.53. The predicted molar refractivity (Wildman–Crippen MR) is 146 cm³/mol. The van der Waals surface area contributed by atoms with Gasteiger partial charge in [0.1, 0.15) is 6.04 Å². The van der Waals surface area contributed by atoms with E-state index >= 15 is 0 Å². The van der Waals surface area contributed by atoms with Gasteiger partial charge in [-0.05, 0) is 43.6 Å². The number of nitrogens with two attached hydrogens (primary N) is 1. The monoisotopic (exact) mass is 542 g/mol. The Bertz CT molecular complexity index is 1000. The molecule has 11 heteroatoms. The molecule has 2 atom stereocenters. The molecule has 1 spiro atoms. The summed E-state index contributed by atoms with van der Waals surface area (Å²) in [6.45, 7) is 6.10. The van der Waals surface area contributed by atoms with Gasteiger partial charge in [0.05, 0.1) is 19.1 Å². The van der Waals surface area contributed by atoms with Gasteiger partial charge in [0, 0.05) is 31.6 Å². The van der Waals surface area contributed by atoms with Gasteiger partial charge in [-0.3, -0.25) is 24.0 Å². The van der Waals surface area contributed by atoms with Crippen LogP contribution in [0, 0.1) is 11.3 Å². The van der Waals surface area contributed by atoms with Gasteiger partial charge in [-0.15, -0.1) is 0 Å². The van der Waals surface area contributed by atoms with E-state index in [0.29, 0.717) is 45.4 Å². The highest BCUT2D eigenvalue weighted by molar-refractivity contribution is 5.92. The van der Waals surface area contributed by atoms with Crippen molar-refractivity contribution in [3.05, 3.63) is 35.9 Å². The molecule has 0 bridgehead atoms. The fourth-order valence-electron chi connectivity index (χ4n) is 5.10. The topological polar surface area (TPSA) is 154 Å². The van der Waals surface area contributed by atoms with Gasteiger partial charge < -0.3 is 31.5 Å². The second-order valence-corrected chi connectivity index (χ2v) is 11.2. The molecule has 214 valence electrons. The first kappa shape index (κ1) is 30.1. The summed E-state index contributed by atoms with van der Waals surface area (Å²) in [4.78, 5) is 64.7. The van der Waals surface area contributed by atoms with Crippen molar-refractivity contribution in [2.24, 2.45) is 17.1 Å². The van der Waals surface area contributed by atoms with E-state index in [1.807, 2.05) is 44.2 Å². The number of carbonyl (C=O) groups excluding carboxylic acids is 5. The molecule has 5 amide bonds. The number of aryl methyl sites for hydroxylation is 1. The van der Waals surface area contributed by atoms with Crippen molar-refractivity contribution < 1.29 is 24.0 Å². The highest BCUT2D eigenvalue weighted by Gasteiger charge is 2.46. The first-order valence-corrected chi connectivity index (χ1v) is 13.7. The maximum Gasteiger partial charge on any atom is 0.243 e. The van der Waals surface area contributed by atoms with Crippen molar-refractivity contribution in [2.75, 3.05) is 39.3 Å². The molecule has 5 N–H and O–H groups in total. The lowest BCUT2D eigenvalue weighted by Crippen LogP contribution is -2.63. The third kappa shape index (κ3) is 9.05. The van der Waals surface area contributed by atoms with Crippen LogP contribution in [0.5, 0.6) is 0 Å². The molecular formula is C28H42N6O5. The van der Waals surface area contributed by atoms with Crippen LogP contribution in [-0.2, 0) is 30.4 Å². The van der Waals surface area contributed by atoms with Gasteiger partial charge in [0.15, 0.2) is 0 Å². The minimum atomic E-state index is -0.829. The summed E-state index contributed by atoms with van der Waals surface area (Å²) in [5.74, 6) is -1.42. The summed E-state index contributed by atoms with van der Waals surface area (Å²) in [7, 11) is 0. The zero-order valence-electron chi connectivity index (χ0n) is 23.0. The number of benzene rings is 1. The first-order valence-electron chi connectivity index (χ1n) is 13.7. The summed E-state index contributed by atoms with van der Waals surface area (Å²) in [6.07, 6.45) is 4.09. The minimum absolute atomic E-state index is 0.0713. The van der Waals surface area contributed by atoms with Gasteiger partial charge in [-0.25, -0.2) is 0 Å². The molecule has 2 aliphatic rings.